The molecule has 0 heterocycles. The van der Waals surface area contributed by atoms with E-state index in [4.69, 9.17) is 0 Å². The van der Waals surface area contributed by atoms with Gasteiger partial charge in [0.2, 0.25) is 0 Å². The highest BCUT2D eigenvalue weighted by Crippen LogP contribution is 2.33. The average molecular weight is 384 g/mol. The van der Waals surface area contributed by atoms with Crippen molar-refractivity contribution in [1.29, 1.82) is 0 Å². The Morgan fingerprint density at radius 2 is 1.76 bits per heavy atom. The third-order valence-corrected chi connectivity index (χ3v) is 5.95. The van der Waals surface area contributed by atoms with Crippen LogP contribution in [-0.4, -0.2) is 22.2 Å². The Hall–Kier alpha value is 0.460. The molecule has 0 fully saturated rings. The van der Waals surface area contributed by atoms with Crippen LogP contribution in [0.25, 0.3) is 0 Å². The van der Waals surface area contributed by atoms with E-state index in [-0.39, 0.29) is 11.2 Å². The van der Waals surface area contributed by atoms with Crippen LogP contribution in [0.1, 0.15) is 18.9 Å². The third kappa shape index (κ3) is 4.25. The van der Waals surface area contributed by atoms with Crippen LogP contribution in [0.5, 0.6) is 0 Å². The normalized spacial score (nSPS) is 11.8. The third-order valence-electron chi connectivity index (χ3n) is 2.90. The Balaban J connectivity index is 2.85. The lowest BCUT2D eigenvalue weighted by atomic mass is 9.82. The summed E-state index contributed by atoms with van der Waals surface area (Å²) in [6.45, 7) is 2.17. The molecule has 0 aliphatic rings. The van der Waals surface area contributed by atoms with Crippen molar-refractivity contribution in [2.45, 2.75) is 18.8 Å². The standard InChI is InChI=1S/C13H17Br2FS/c1-2-17-8-7-13(9-14,10-15)11-3-5-12(16)6-4-11/h3-6H,2,7-10H2,1H3. The summed E-state index contributed by atoms with van der Waals surface area (Å²) in [6, 6.07) is 6.88. The largest absolute Gasteiger partial charge is 0.207 e. The second-order valence-corrected chi connectivity index (χ2v) is 6.52. The molecule has 0 amide bonds. The van der Waals surface area contributed by atoms with Crippen LogP contribution in [-0.2, 0) is 5.41 Å². The molecule has 1 aromatic rings. The van der Waals surface area contributed by atoms with E-state index in [0.717, 1.165) is 28.6 Å². The molecule has 17 heavy (non-hydrogen) atoms. The minimum Gasteiger partial charge on any atom is -0.207 e. The molecule has 0 N–H and O–H groups in total. The lowest BCUT2D eigenvalue weighted by molar-refractivity contribution is 0.536. The molecule has 0 radical (unpaired) electrons. The summed E-state index contributed by atoms with van der Waals surface area (Å²) in [5.41, 5.74) is 1.26. The van der Waals surface area contributed by atoms with E-state index in [9.17, 15) is 4.39 Å². The molecule has 0 saturated carbocycles. The van der Waals surface area contributed by atoms with Gasteiger partial charge in [0.25, 0.3) is 0 Å². The fourth-order valence-corrected chi connectivity index (χ4v) is 4.64. The summed E-state index contributed by atoms with van der Waals surface area (Å²) < 4.78 is 13.0. The minimum absolute atomic E-state index is 0.0653. The molecule has 96 valence electrons. The number of hydrogen-bond donors (Lipinski definition) is 0. The highest BCUT2D eigenvalue weighted by molar-refractivity contribution is 9.09. The first-order valence-corrected chi connectivity index (χ1v) is 9.04. The summed E-state index contributed by atoms with van der Waals surface area (Å²) in [7, 11) is 0. The van der Waals surface area contributed by atoms with E-state index in [1.165, 1.54) is 5.56 Å². The molecular formula is C13H17Br2FS. The van der Waals surface area contributed by atoms with Gasteiger partial charge in [0.1, 0.15) is 5.82 Å². The maximum absolute atomic E-state index is 13.0. The molecule has 0 bridgehead atoms. The minimum atomic E-state index is -0.172. The number of halogens is 3. The Morgan fingerprint density at radius 3 is 2.24 bits per heavy atom. The topological polar surface area (TPSA) is 0 Å². The summed E-state index contributed by atoms with van der Waals surface area (Å²) in [5.74, 6) is 2.10. The van der Waals surface area contributed by atoms with Gasteiger partial charge in [0, 0.05) is 16.1 Å². The second kappa shape index (κ2) is 7.80. The Bertz CT molecular complexity index is 323. The van der Waals surface area contributed by atoms with Crippen molar-refractivity contribution in [3.63, 3.8) is 0 Å². The smallest absolute Gasteiger partial charge is 0.123 e. The van der Waals surface area contributed by atoms with Crippen molar-refractivity contribution in [3.8, 4) is 0 Å². The number of benzene rings is 1. The van der Waals surface area contributed by atoms with Gasteiger partial charge in [0.05, 0.1) is 0 Å². The molecule has 1 aromatic carbocycles. The number of hydrogen-bond acceptors (Lipinski definition) is 1. The maximum atomic E-state index is 13.0. The summed E-state index contributed by atoms with van der Waals surface area (Å²) in [4.78, 5) is 0. The fraction of sp³-hybridized carbons (Fsp3) is 0.538. The second-order valence-electron chi connectivity index (χ2n) is 4.00. The molecule has 0 aliphatic carbocycles. The van der Waals surface area contributed by atoms with Gasteiger partial charge in [0.15, 0.2) is 0 Å². The lowest BCUT2D eigenvalue weighted by Gasteiger charge is -2.30. The van der Waals surface area contributed by atoms with Crippen molar-refractivity contribution >= 4 is 43.6 Å². The van der Waals surface area contributed by atoms with E-state index in [2.05, 4.69) is 38.8 Å². The summed E-state index contributed by atoms with van der Waals surface area (Å²) >= 11 is 9.16. The van der Waals surface area contributed by atoms with Gasteiger partial charge in [-0.25, -0.2) is 4.39 Å². The van der Waals surface area contributed by atoms with Gasteiger partial charge in [-0.2, -0.15) is 11.8 Å². The van der Waals surface area contributed by atoms with Crippen LogP contribution in [0, 0.1) is 5.82 Å². The van der Waals surface area contributed by atoms with Crippen LogP contribution < -0.4 is 0 Å². The summed E-state index contributed by atoms with van der Waals surface area (Å²) in [5, 5.41) is 1.78. The van der Waals surface area contributed by atoms with E-state index >= 15 is 0 Å². The van der Waals surface area contributed by atoms with E-state index < -0.39 is 0 Å². The SMILES string of the molecule is CCSCCC(CBr)(CBr)c1ccc(F)cc1. The van der Waals surface area contributed by atoms with Gasteiger partial charge in [-0.1, -0.05) is 50.9 Å². The number of alkyl halides is 2. The zero-order valence-corrected chi connectivity index (χ0v) is 13.9. The molecule has 0 spiro atoms. The van der Waals surface area contributed by atoms with Crippen molar-refractivity contribution < 1.29 is 4.39 Å². The lowest BCUT2D eigenvalue weighted by Crippen LogP contribution is -2.31. The first-order chi connectivity index (χ1) is 8.18. The van der Waals surface area contributed by atoms with Crippen molar-refractivity contribution in [3.05, 3.63) is 35.6 Å². The zero-order valence-electron chi connectivity index (χ0n) is 9.89. The van der Waals surface area contributed by atoms with Crippen LogP contribution in [0.3, 0.4) is 0 Å². The predicted molar refractivity (Wildman–Crippen MR) is 83.3 cm³/mol. The summed E-state index contributed by atoms with van der Waals surface area (Å²) in [6.07, 6.45) is 1.09. The average Bonchev–Trinajstić information content (AvgIpc) is 2.37. The maximum Gasteiger partial charge on any atom is 0.123 e. The Morgan fingerprint density at radius 1 is 1.18 bits per heavy atom. The van der Waals surface area contributed by atoms with Crippen molar-refractivity contribution in [1.82, 2.24) is 0 Å². The zero-order chi connectivity index (χ0) is 12.7. The van der Waals surface area contributed by atoms with Crippen molar-refractivity contribution in [2.24, 2.45) is 0 Å². The van der Waals surface area contributed by atoms with Crippen LogP contribution in [0.15, 0.2) is 24.3 Å². The van der Waals surface area contributed by atoms with Crippen LogP contribution >= 0.6 is 43.6 Å². The van der Waals surface area contributed by atoms with Crippen LogP contribution in [0.4, 0.5) is 4.39 Å². The molecule has 0 nitrogen and oxygen atoms in total. The van der Waals surface area contributed by atoms with Gasteiger partial charge in [-0.05, 0) is 35.6 Å². The van der Waals surface area contributed by atoms with Gasteiger partial charge < -0.3 is 0 Å². The highest BCUT2D eigenvalue weighted by Gasteiger charge is 2.29. The van der Waals surface area contributed by atoms with E-state index in [1.807, 2.05) is 23.9 Å². The quantitative estimate of drug-likeness (QED) is 0.471. The molecule has 0 aromatic heterocycles. The Kier molecular flexibility index (Phi) is 7.12. The molecule has 0 unspecified atom stereocenters. The predicted octanol–water partition coefficient (Wildman–Crippen LogP) is 5.00. The van der Waals surface area contributed by atoms with Crippen molar-refractivity contribution in [2.75, 3.05) is 22.2 Å². The molecule has 0 aliphatic heterocycles. The molecular weight excluding hydrogens is 367 g/mol. The monoisotopic (exact) mass is 382 g/mol. The van der Waals surface area contributed by atoms with E-state index in [0.29, 0.717) is 0 Å². The van der Waals surface area contributed by atoms with Gasteiger partial charge in [-0.15, -0.1) is 0 Å². The fourth-order valence-electron chi connectivity index (χ4n) is 1.68. The number of rotatable bonds is 7. The Labute approximate surface area is 124 Å². The first-order valence-electron chi connectivity index (χ1n) is 5.64. The number of thioether (sulfide) groups is 1. The molecule has 0 atom stereocenters. The molecule has 1 rings (SSSR count). The van der Waals surface area contributed by atoms with Gasteiger partial charge in [-0.3, -0.25) is 0 Å². The highest BCUT2D eigenvalue weighted by atomic mass is 79.9. The first kappa shape index (κ1) is 15.5. The van der Waals surface area contributed by atoms with Gasteiger partial charge >= 0.3 is 0 Å². The molecule has 0 saturated heterocycles. The van der Waals surface area contributed by atoms with E-state index in [1.54, 1.807) is 12.1 Å². The van der Waals surface area contributed by atoms with Crippen LogP contribution in [0.2, 0.25) is 0 Å². The molecule has 4 heteroatoms.